The number of nitrogens with zero attached hydrogens (tertiary/aromatic N) is 3. The van der Waals surface area contributed by atoms with Crippen molar-refractivity contribution in [3.05, 3.63) is 88.7 Å². The largest absolute Gasteiger partial charge is 0.494 e. The van der Waals surface area contributed by atoms with Crippen molar-refractivity contribution in [3.8, 4) is 22.8 Å². The smallest absolute Gasteiger partial charge is 0.295 e. The third kappa shape index (κ3) is 4.65. The molecule has 1 aromatic heterocycles. The highest BCUT2D eigenvalue weighted by Gasteiger charge is 2.20. The second kappa shape index (κ2) is 9.24. The molecule has 0 bridgehead atoms. The van der Waals surface area contributed by atoms with Gasteiger partial charge in [-0.2, -0.15) is 0 Å². The molecule has 0 atom stereocenters. The molecule has 3 aromatic carbocycles. The normalized spacial score (nSPS) is 10.8. The second-order valence-corrected chi connectivity index (χ2v) is 7.82. The maximum absolute atomic E-state index is 13.0. The summed E-state index contributed by atoms with van der Waals surface area (Å²) in [6, 6.07) is 20.6. The van der Waals surface area contributed by atoms with Gasteiger partial charge >= 0.3 is 0 Å². The Balaban J connectivity index is 1.74. The van der Waals surface area contributed by atoms with Gasteiger partial charge in [0, 0.05) is 16.3 Å². The molecule has 162 valence electrons. The van der Waals surface area contributed by atoms with E-state index in [1.54, 1.807) is 16.8 Å². The Hall–Kier alpha value is -3.64. The third-order valence-electron chi connectivity index (χ3n) is 4.92. The number of hydrogen-bond donors (Lipinski definition) is 1. The minimum atomic E-state index is -0.384. The molecule has 0 spiro atoms. The Morgan fingerprint density at radius 3 is 2.53 bits per heavy atom. The summed E-state index contributed by atoms with van der Waals surface area (Å²) in [5, 5.41) is 8.00. The number of nitrogens with one attached hydrogen (secondary N) is 1. The number of amides is 1. The van der Waals surface area contributed by atoms with Gasteiger partial charge in [0.05, 0.1) is 12.3 Å². The van der Waals surface area contributed by atoms with Gasteiger partial charge in [-0.05, 0) is 68.8 Å². The zero-order chi connectivity index (χ0) is 22.7. The van der Waals surface area contributed by atoms with Crippen molar-refractivity contribution in [2.45, 2.75) is 20.8 Å². The van der Waals surface area contributed by atoms with E-state index < -0.39 is 0 Å². The highest BCUT2D eigenvalue weighted by molar-refractivity contribution is 6.30. The highest BCUT2D eigenvalue weighted by atomic mass is 35.5. The van der Waals surface area contributed by atoms with Crippen molar-refractivity contribution >= 4 is 23.2 Å². The van der Waals surface area contributed by atoms with Gasteiger partial charge in [-0.3, -0.25) is 4.79 Å². The van der Waals surface area contributed by atoms with Crippen molar-refractivity contribution in [3.63, 3.8) is 0 Å². The van der Waals surface area contributed by atoms with Gasteiger partial charge in [0.1, 0.15) is 5.75 Å². The summed E-state index contributed by atoms with van der Waals surface area (Å²) in [5.74, 6) is 0.953. The van der Waals surface area contributed by atoms with Crippen LogP contribution in [0.4, 0.5) is 5.69 Å². The zero-order valence-corrected chi connectivity index (χ0v) is 18.8. The highest BCUT2D eigenvalue weighted by Crippen LogP contribution is 2.26. The number of carbonyl (C=O) groups excluding carboxylic acids is 1. The van der Waals surface area contributed by atoms with Gasteiger partial charge in [0.25, 0.3) is 5.91 Å². The fraction of sp³-hybridized carbons (Fsp3) is 0.160. The quantitative estimate of drug-likeness (QED) is 0.403. The van der Waals surface area contributed by atoms with E-state index in [1.165, 1.54) is 0 Å². The molecule has 1 amide bonds. The number of hydrogen-bond acceptors (Lipinski definition) is 4. The first-order valence-electron chi connectivity index (χ1n) is 10.3. The molecule has 4 rings (SSSR count). The van der Waals surface area contributed by atoms with E-state index in [-0.39, 0.29) is 11.7 Å². The number of ether oxygens (including phenoxy) is 1. The van der Waals surface area contributed by atoms with Crippen LogP contribution in [0.2, 0.25) is 5.02 Å². The van der Waals surface area contributed by atoms with Gasteiger partial charge in [0.2, 0.25) is 5.82 Å². The maximum Gasteiger partial charge on any atom is 0.295 e. The lowest BCUT2D eigenvalue weighted by Gasteiger charge is -2.08. The van der Waals surface area contributed by atoms with Crippen molar-refractivity contribution < 1.29 is 9.53 Å². The molecule has 4 aromatic rings. The molecule has 7 heteroatoms. The Morgan fingerprint density at radius 1 is 1.06 bits per heavy atom. The van der Waals surface area contributed by atoms with E-state index in [4.69, 9.17) is 16.3 Å². The van der Waals surface area contributed by atoms with Crippen molar-refractivity contribution in [2.75, 3.05) is 11.9 Å². The lowest BCUT2D eigenvalue weighted by molar-refractivity contribution is 0.101. The summed E-state index contributed by atoms with van der Waals surface area (Å²) < 4.78 is 7.17. The van der Waals surface area contributed by atoms with Gasteiger partial charge in [0.15, 0.2) is 5.82 Å². The molecular weight excluding hydrogens is 424 g/mol. The predicted molar refractivity (Wildman–Crippen MR) is 127 cm³/mol. The maximum atomic E-state index is 13.0. The molecule has 0 radical (unpaired) electrons. The SMILES string of the molecule is CCOc1ccc(-n2nc(C(=O)Nc3ccc(C)cc3C)nc2-c2cccc(Cl)c2)cc1. The minimum absolute atomic E-state index is 0.0637. The van der Waals surface area contributed by atoms with E-state index in [1.807, 2.05) is 75.4 Å². The van der Waals surface area contributed by atoms with Crippen LogP contribution in [-0.4, -0.2) is 27.3 Å². The lowest BCUT2D eigenvalue weighted by atomic mass is 10.1. The first-order chi connectivity index (χ1) is 15.4. The first kappa shape index (κ1) is 21.6. The molecule has 0 aliphatic carbocycles. The van der Waals surface area contributed by atoms with E-state index in [0.717, 1.165) is 33.8 Å². The number of benzene rings is 3. The van der Waals surface area contributed by atoms with Gasteiger partial charge in [-0.15, -0.1) is 5.10 Å². The first-order valence-corrected chi connectivity index (χ1v) is 10.7. The number of halogens is 1. The molecule has 0 saturated carbocycles. The van der Waals surface area contributed by atoms with Crippen molar-refractivity contribution in [2.24, 2.45) is 0 Å². The molecule has 0 unspecified atom stereocenters. The number of aryl methyl sites for hydroxylation is 2. The van der Waals surface area contributed by atoms with Crippen LogP contribution in [0.5, 0.6) is 5.75 Å². The molecule has 0 aliphatic heterocycles. The lowest BCUT2D eigenvalue weighted by Crippen LogP contribution is -2.15. The molecule has 32 heavy (non-hydrogen) atoms. The molecule has 1 heterocycles. The molecular formula is C25H23ClN4O2. The van der Waals surface area contributed by atoms with E-state index in [0.29, 0.717) is 17.5 Å². The standard InChI is InChI=1S/C25H23ClN4O2/c1-4-32-21-11-9-20(10-12-21)30-24(18-6-5-7-19(26)15-18)28-23(29-30)25(31)27-22-13-8-16(2)14-17(22)3/h5-15H,4H2,1-3H3,(H,27,31). The molecule has 0 aliphatic rings. The Bertz CT molecular complexity index is 1270. The Labute approximate surface area is 191 Å². The van der Waals surface area contributed by atoms with Crippen LogP contribution in [-0.2, 0) is 0 Å². The Morgan fingerprint density at radius 2 is 1.84 bits per heavy atom. The third-order valence-corrected chi connectivity index (χ3v) is 5.15. The van der Waals surface area contributed by atoms with Crippen LogP contribution in [0.25, 0.3) is 17.1 Å². The van der Waals surface area contributed by atoms with Crippen molar-refractivity contribution in [1.82, 2.24) is 14.8 Å². The van der Waals surface area contributed by atoms with Crippen LogP contribution >= 0.6 is 11.6 Å². The average Bonchev–Trinajstić information content (AvgIpc) is 3.22. The van der Waals surface area contributed by atoms with Crippen LogP contribution in [0.1, 0.15) is 28.7 Å². The number of aromatic nitrogens is 3. The molecule has 1 N–H and O–H groups in total. The van der Waals surface area contributed by atoms with Crippen LogP contribution in [0.3, 0.4) is 0 Å². The molecule has 0 fully saturated rings. The van der Waals surface area contributed by atoms with Crippen LogP contribution in [0, 0.1) is 13.8 Å². The van der Waals surface area contributed by atoms with Gasteiger partial charge < -0.3 is 10.1 Å². The number of carbonyl (C=O) groups is 1. The Kier molecular flexibility index (Phi) is 6.23. The van der Waals surface area contributed by atoms with E-state index in [9.17, 15) is 4.79 Å². The predicted octanol–water partition coefficient (Wildman–Crippen LogP) is 5.86. The summed E-state index contributed by atoms with van der Waals surface area (Å²) in [7, 11) is 0. The summed E-state index contributed by atoms with van der Waals surface area (Å²) in [4.78, 5) is 17.5. The molecule has 6 nitrogen and oxygen atoms in total. The second-order valence-electron chi connectivity index (χ2n) is 7.38. The zero-order valence-electron chi connectivity index (χ0n) is 18.1. The number of anilines is 1. The van der Waals surface area contributed by atoms with Gasteiger partial charge in [-0.1, -0.05) is 41.4 Å². The average molecular weight is 447 g/mol. The van der Waals surface area contributed by atoms with E-state index in [2.05, 4.69) is 15.4 Å². The fourth-order valence-electron chi connectivity index (χ4n) is 3.39. The van der Waals surface area contributed by atoms with Crippen LogP contribution < -0.4 is 10.1 Å². The monoisotopic (exact) mass is 446 g/mol. The summed E-state index contributed by atoms with van der Waals surface area (Å²) in [6.07, 6.45) is 0. The van der Waals surface area contributed by atoms with Crippen molar-refractivity contribution in [1.29, 1.82) is 0 Å². The topological polar surface area (TPSA) is 69.0 Å². The summed E-state index contributed by atoms with van der Waals surface area (Å²) >= 11 is 6.20. The molecule has 0 saturated heterocycles. The van der Waals surface area contributed by atoms with E-state index >= 15 is 0 Å². The summed E-state index contributed by atoms with van der Waals surface area (Å²) in [5.41, 5.74) is 4.33. The van der Waals surface area contributed by atoms with Gasteiger partial charge in [-0.25, -0.2) is 9.67 Å². The van der Waals surface area contributed by atoms with Crippen LogP contribution in [0.15, 0.2) is 66.7 Å². The summed E-state index contributed by atoms with van der Waals surface area (Å²) in [6.45, 7) is 6.48. The fourth-order valence-corrected chi connectivity index (χ4v) is 3.58. The number of rotatable bonds is 6. The minimum Gasteiger partial charge on any atom is -0.494 e.